The molecule has 0 aliphatic carbocycles. The number of carboxylic acids is 1. The summed E-state index contributed by atoms with van der Waals surface area (Å²) in [5, 5.41) is 15.1. The zero-order chi connectivity index (χ0) is 22.2. The summed E-state index contributed by atoms with van der Waals surface area (Å²) in [7, 11) is -1.09. The van der Waals surface area contributed by atoms with Crippen LogP contribution in [0.3, 0.4) is 0 Å². The number of carboxylic acid groups (broad SMARTS) is 1. The molecule has 4 N–H and O–H groups in total. The quantitative estimate of drug-likeness (QED) is 0.368. The molecule has 164 valence electrons. The van der Waals surface area contributed by atoms with E-state index in [2.05, 4.69) is 9.71 Å². The summed E-state index contributed by atoms with van der Waals surface area (Å²) in [5.41, 5.74) is 8.08. The predicted molar refractivity (Wildman–Crippen MR) is 124 cm³/mol. The molecule has 0 spiro atoms. The van der Waals surface area contributed by atoms with Gasteiger partial charge in [-0.1, -0.05) is 20.0 Å². The molecular weight excluding hydrogens is 480 g/mol. The third kappa shape index (κ3) is 4.68. The summed E-state index contributed by atoms with van der Waals surface area (Å²) in [6, 6.07) is 1.86. The number of carbonyl (C=O) groups excluding carboxylic acids is 3. The van der Waals surface area contributed by atoms with Gasteiger partial charge in [0.05, 0.1) is 35.9 Å². The maximum absolute atomic E-state index is 12.8. The van der Waals surface area contributed by atoms with E-state index in [4.69, 9.17) is 5.73 Å². The molecule has 1 aromatic heterocycles. The largest absolute Gasteiger partial charge is 0.477 e. The van der Waals surface area contributed by atoms with Crippen LogP contribution in [0, 0.1) is 0 Å². The van der Waals surface area contributed by atoms with Gasteiger partial charge in [-0.15, -0.1) is 11.8 Å². The number of aliphatic imine (C=N–C) groups is 1. The van der Waals surface area contributed by atoms with Crippen molar-refractivity contribution < 1.29 is 24.3 Å². The smallest absolute Gasteiger partial charge is 0.353 e. The number of rotatable bonds is 8. The lowest BCUT2D eigenvalue weighted by molar-refractivity contribution is -0.146. The number of β-lactam (4-membered cyclic amide) rings is 1. The van der Waals surface area contributed by atoms with Crippen molar-refractivity contribution in [1.82, 2.24) is 9.62 Å². The minimum Gasteiger partial charge on any atom is -0.477 e. The van der Waals surface area contributed by atoms with E-state index in [1.165, 1.54) is 38.8 Å². The van der Waals surface area contributed by atoms with E-state index in [0.717, 1.165) is 5.56 Å². The molecule has 0 aromatic carbocycles. The number of hydrogen-bond acceptors (Lipinski definition) is 8. The van der Waals surface area contributed by atoms with Crippen LogP contribution < -0.4 is 10.5 Å². The van der Waals surface area contributed by atoms with Gasteiger partial charge in [-0.05, 0) is 22.4 Å². The fraction of sp³-hybridized carbons (Fsp3) is 0.278. The van der Waals surface area contributed by atoms with Gasteiger partial charge in [-0.2, -0.15) is 11.3 Å². The fourth-order valence-corrected chi connectivity index (χ4v) is 10.4. The molecule has 31 heavy (non-hydrogen) atoms. The van der Waals surface area contributed by atoms with Crippen LogP contribution in [-0.2, 0) is 25.6 Å². The number of hydrogen-bond donors (Lipinski definition) is 3. The third-order valence-corrected chi connectivity index (χ3v) is 11.3. The van der Waals surface area contributed by atoms with Crippen molar-refractivity contribution in [3.8, 4) is 0 Å². The van der Waals surface area contributed by atoms with Crippen LogP contribution in [0.1, 0.15) is 18.4 Å². The Labute approximate surface area is 191 Å². The standard InChI is InChI=1S/C18H18N4O5S4/c19-13(23)4-11-8-31(9-20-11,21-14(24)3-10-1-2-28-6-10)30-12-7-29-16-5-15(25)22(16)17(12)18(26)27/h1-2,6,8-9,16H,3-5,7H2,(H2,19,23)(H,21,24)(H,26,27). The van der Waals surface area contributed by atoms with E-state index < -0.39 is 21.1 Å². The first-order chi connectivity index (χ1) is 14.8. The Kier molecular flexibility index (Phi) is 6.19. The van der Waals surface area contributed by atoms with Gasteiger partial charge in [-0.25, -0.2) is 4.79 Å². The monoisotopic (exact) mass is 498 g/mol. The van der Waals surface area contributed by atoms with E-state index in [1.807, 2.05) is 16.8 Å². The molecule has 0 bridgehead atoms. The minimum atomic E-state index is -2.27. The third-order valence-electron chi connectivity index (χ3n) is 4.52. The summed E-state index contributed by atoms with van der Waals surface area (Å²) in [5.74, 6) is -1.81. The molecule has 13 heteroatoms. The second-order valence-corrected chi connectivity index (χ2v) is 13.6. The number of fused-ring (bicyclic) bond motifs is 1. The molecule has 0 saturated carbocycles. The van der Waals surface area contributed by atoms with Gasteiger partial charge in [0, 0.05) is 16.1 Å². The van der Waals surface area contributed by atoms with Crippen molar-refractivity contribution in [2.45, 2.75) is 24.6 Å². The highest BCUT2D eigenvalue weighted by Gasteiger charge is 2.46. The molecule has 2 unspecified atom stereocenters. The number of thioether (sulfide) groups is 1. The lowest BCUT2D eigenvalue weighted by Gasteiger charge is -2.44. The first kappa shape index (κ1) is 22.0. The number of carbonyl (C=O) groups is 4. The summed E-state index contributed by atoms with van der Waals surface area (Å²) < 4.78 is 2.99. The molecule has 9 nitrogen and oxygen atoms in total. The Morgan fingerprint density at radius 2 is 2.19 bits per heavy atom. The van der Waals surface area contributed by atoms with Gasteiger partial charge in [0.15, 0.2) is 0 Å². The van der Waals surface area contributed by atoms with Crippen molar-refractivity contribution in [2.75, 3.05) is 5.75 Å². The van der Waals surface area contributed by atoms with Crippen molar-refractivity contribution in [1.29, 1.82) is 0 Å². The van der Waals surface area contributed by atoms with Gasteiger partial charge in [-0.3, -0.25) is 24.3 Å². The zero-order valence-electron chi connectivity index (χ0n) is 16.0. The molecule has 0 radical (unpaired) electrons. The summed E-state index contributed by atoms with van der Waals surface area (Å²) in [6.45, 7) is 0. The number of aliphatic carboxylic acids is 1. The number of nitrogens with two attached hydrogens (primary N) is 1. The average Bonchev–Trinajstić information content (AvgIpc) is 3.31. The number of nitrogens with zero attached hydrogens (tertiary/aromatic N) is 2. The maximum Gasteiger partial charge on any atom is 0.353 e. The molecule has 3 amide bonds. The van der Waals surface area contributed by atoms with Crippen molar-refractivity contribution in [3.63, 3.8) is 0 Å². The van der Waals surface area contributed by atoms with Crippen LogP contribution in [0.4, 0.5) is 0 Å². The molecule has 1 fully saturated rings. The molecule has 4 heterocycles. The van der Waals surface area contributed by atoms with Crippen molar-refractivity contribution in [3.05, 3.63) is 44.1 Å². The Morgan fingerprint density at radius 3 is 2.84 bits per heavy atom. The number of thiophene rings is 1. The lowest BCUT2D eigenvalue weighted by Crippen LogP contribution is -2.53. The van der Waals surface area contributed by atoms with Crippen molar-refractivity contribution >= 4 is 72.4 Å². The minimum absolute atomic E-state index is 0.0471. The molecule has 1 saturated heterocycles. The summed E-state index contributed by atoms with van der Waals surface area (Å²) in [6.07, 6.45) is 0.398. The second kappa shape index (κ2) is 8.73. The van der Waals surface area contributed by atoms with E-state index in [9.17, 15) is 24.3 Å². The Morgan fingerprint density at radius 1 is 1.39 bits per heavy atom. The van der Waals surface area contributed by atoms with Gasteiger partial charge >= 0.3 is 5.97 Å². The SMILES string of the molecule is NC(=O)CC1=CS(NC(=O)Cc2ccsc2)(SC2=C(C(=O)O)N3C(=O)CC3SC2)C=N1. The van der Waals surface area contributed by atoms with Crippen LogP contribution in [0.5, 0.6) is 0 Å². The van der Waals surface area contributed by atoms with E-state index >= 15 is 0 Å². The topological polar surface area (TPSA) is 142 Å². The number of nitrogens with one attached hydrogen (secondary N) is 1. The highest BCUT2D eigenvalue weighted by molar-refractivity contribution is 9.01. The Hall–Kier alpha value is -2.22. The number of amides is 3. The van der Waals surface area contributed by atoms with Crippen LogP contribution in [0.15, 0.2) is 43.5 Å². The second-order valence-electron chi connectivity index (χ2n) is 6.86. The summed E-state index contributed by atoms with van der Waals surface area (Å²) >= 11 is 2.98. The maximum atomic E-state index is 12.8. The van der Waals surface area contributed by atoms with Crippen LogP contribution in [-0.4, -0.2) is 50.4 Å². The van der Waals surface area contributed by atoms with E-state index in [1.54, 1.807) is 11.0 Å². The van der Waals surface area contributed by atoms with Gasteiger partial charge in [0.25, 0.3) is 0 Å². The highest BCUT2D eigenvalue weighted by Crippen LogP contribution is 2.64. The van der Waals surface area contributed by atoms with Gasteiger partial charge < -0.3 is 15.6 Å². The van der Waals surface area contributed by atoms with E-state index in [0.29, 0.717) is 22.8 Å². The van der Waals surface area contributed by atoms with Crippen LogP contribution in [0.2, 0.25) is 0 Å². The molecule has 4 rings (SSSR count). The van der Waals surface area contributed by atoms with E-state index in [-0.39, 0.29) is 35.7 Å². The molecular formula is C18H18N4O5S4. The predicted octanol–water partition coefficient (Wildman–Crippen LogP) is 2.13. The Balaban J connectivity index is 1.64. The fourth-order valence-electron chi connectivity index (χ4n) is 3.21. The molecule has 2 atom stereocenters. The highest BCUT2D eigenvalue weighted by atomic mass is 33.2. The number of primary amides is 1. The first-order valence-corrected chi connectivity index (χ1v) is 14.1. The normalized spacial score (nSPS) is 26.6. The Bertz CT molecular complexity index is 1050. The molecule has 3 aliphatic rings. The molecule has 3 aliphatic heterocycles. The zero-order valence-corrected chi connectivity index (χ0v) is 19.2. The average molecular weight is 499 g/mol. The van der Waals surface area contributed by atoms with Crippen molar-refractivity contribution in [2.24, 2.45) is 10.7 Å². The lowest BCUT2D eigenvalue weighted by atomic mass is 10.1. The molecule has 1 aromatic rings. The van der Waals surface area contributed by atoms with Gasteiger partial charge in [0.2, 0.25) is 17.7 Å². The first-order valence-electron chi connectivity index (χ1n) is 9.04. The summed E-state index contributed by atoms with van der Waals surface area (Å²) in [4.78, 5) is 54.1. The van der Waals surface area contributed by atoms with Gasteiger partial charge in [0.1, 0.15) is 5.70 Å². The van der Waals surface area contributed by atoms with Crippen LogP contribution >= 0.6 is 43.1 Å². The van der Waals surface area contributed by atoms with Crippen LogP contribution in [0.25, 0.3) is 0 Å².